The highest BCUT2D eigenvalue weighted by Crippen LogP contribution is 2.48. The Morgan fingerprint density at radius 2 is 1.21 bits per heavy atom. The van der Waals surface area contributed by atoms with E-state index < -0.39 is 0 Å². The van der Waals surface area contributed by atoms with Crippen LogP contribution in [0.15, 0.2) is 260 Å². The zero-order valence-corrected chi connectivity index (χ0v) is 52.2. The molecule has 0 fully saturated rings. The van der Waals surface area contributed by atoms with Crippen LogP contribution in [0.4, 0.5) is 0 Å². The smallest absolute Gasteiger partial charge is 0.238 e. The number of para-hydroxylation sites is 2. The first-order valence-electron chi connectivity index (χ1n) is 31.0. The topological polar surface area (TPSA) is 48.5 Å². The fourth-order valence-electron chi connectivity index (χ4n) is 13.6. The number of benzene rings is 10. The van der Waals surface area contributed by atoms with Crippen molar-refractivity contribution in [3.05, 3.63) is 293 Å². The average molecular weight is 1210 g/mol. The second-order valence-corrected chi connectivity index (χ2v) is 27.2. The van der Waals surface area contributed by atoms with E-state index in [9.17, 15) is 0 Å². The highest BCUT2D eigenvalue weighted by Gasteiger charge is 2.24. The van der Waals surface area contributed by atoms with Crippen molar-refractivity contribution in [3.63, 3.8) is 0 Å². The third-order valence-corrected chi connectivity index (χ3v) is 21.5. The molecule has 90 heavy (non-hydrogen) atoms. The van der Waals surface area contributed by atoms with Crippen LogP contribution in [0.3, 0.4) is 0 Å². The summed E-state index contributed by atoms with van der Waals surface area (Å²) < 4.78 is 9.85. The van der Waals surface area contributed by atoms with Crippen molar-refractivity contribution in [3.8, 4) is 45.3 Å². The Kier molecular flexibility index (Phi) is 13.5. The van der Waals surface area contributed by atoms with Crippen LogP contribution in [0.5, 0.6) is 0 Å². The minimum atomic E-state index is 0.503. The van der Waals surface area contributed by atoms with Crippen molar-refractivity contribution < 1.29 is 0 Å². The van der Waals surface area contributed by atoms with Gasteiger partial charge in [-0.1, -0.05) is 219 Å². The van der Waals surface area contributed by atoms with Gasteiger partial charge >= 0.3 is 0 Å². The van der Waals surface area contributed by atoms with E-state index >= 15 is 0 Å². The van der Waals surface area contributed by atoms with E-state index in [-0.39, 0.29) is 0 Å². The summed E-state index contributed by atoms with van der Waals surface area (Å²) in [7, 11) is 0. The van der Waals surface area contributed by atoms with Gasteiger partial charge in [0.1, 0.15) is 10.7 Å². The van der Waals surface area contributed by atoms with Crippen molar-refractivity contribution in [2.24, 2.45) is 5.92 Å². The lowest BCUT2D eigenvalue weighted by atomic mass is 9.91. The number of aromatic nitrogens is 5. The molecule has 10 aromatic carbocycles. The molecule has 0 spiro atoms. The third kappa shape index (κ3) is 9.62. The van der Waals surface area contributed by atoms with Crippen LogP contribution in [-0.4, -0.2) is 24.1 Å². The second-order valence-electron chi connectivity index (χ2n) is 23.9. The van der Waals surface area contributed by atoms with Crippen molar-refractivity contribution >= 4 is 129 Å². The van der Waals surface area contributed by atoms with E-state index in [4.69, 9.17) is 15.0 Å². The number of hydrogen-bond acceptors (Lipinski definition) is 6. The fourth-order valence-corrected chi connectivity index (χ4v) is 17.2. The van der Waals surface area contributed by atoms with Gasteiger partial charge in [-0.3, -0.25) is 4.57 Å². The summed E-state index contributed by atoms with van der Waals surface area (Å²) in [6.45, 7) is 4.55. The molecule has 16 aromatic rings. The number of thiophene rings is 3. The maximum absolute atomic E-state index is 5.41. The normalized spacial score (nSPS) is 13.8. The minimum absolute atomic E-state index is 0.503. The Balaban J connectivity index is 0.790. The molecule has 1 atom stereocenters. The first-order chi connectivity index (χ1) is 44.4. The van der Waals surface area contributed by atoms with E-state index in [0.717, 1.165) is 57.9 Å². The van der Waals surface area contributed by atoms with Gasteiger partial charge in [0, 0.05) is 90.0 Å². The Morgan fingerprint density at radius 1 is 0.500 bits per heavy atom. The number of allylic oxidation sites excluding steroid dienone is 6. The standard InChI is InChI=1S/C82H59N5S3/c1-51-34-36-54(37-35-51)21-16-22-55-38-43-65-72(46-55)86(81-78(65)67-44-39-56(47-75(67)90-81)23-15-20-53-18-5-3-6-19-53)60-42-45-74-69(50-60)64-30-17-29-61(79(64)89-74)58-40-41-59(68(48-58)77-52(2)88-73-33-14-11-28-66(73)77)49-76-83-80(57-24-7-4-8-25-57)85-82(84-76)87-70-31-12-9-26-62(70)63-27-10-13-32-71(63)87/h3-19,22-34,36-48,50-51H,20-21,35,49H2,1-2H3/b22-16+,23-15+. The van der Waals surface area contributed by atoms with Crippen molar-refractivity contribution in [2.75, 3.05) is 0 Å². The van der Waals surface area contributed by atoms with E-state index in [1.165, 1.54) is 111 Å². The summed E-state index contributed by atoms with van der Waals surface area (Å²) in [5.41, 5.74) is 16.6. The molecule has 8 heteroatoms. The summed E-state index contributed by atoms with van der Waals surface area (Å²) in [5.74, 6) is 2.57. The van der Waals surface area contributed by atoms with Gasteiger partial charge in [-0.2, -0.15) is 9.97 Å². The lowest BCUT2D eigenvalue weighted by molar-refractivity contribution is 0.729. The molecule has 0 aliphatic heterocycles. The van der Waals surface area contributed by atoms with E-state index in [1.54, 1.807) is 0 Å². The lowest BCUT2D eigenvalue weighted by Crippen LogP contribution is -2.09. The van der Waals surface area contributed by atoms with Gasteiger partial charge in [-0.15, -0.1) is 34.0 Å². The van der Waals surface area contributed by atoms with Gasteiger partial charge in [0.15, 0.2) is 5.82 Å². The molecule has 0 radical (unpaired) electrons. The largest absolute Gasteiger partial charge is 0.301 e. The molecule has 5 nitrogen and oxygen atoms in total. The molecule has 1 unspecified atom stereocenters. The van der Waals surface area contributed by atoms with Crippen molar-refractivity contribution in [1.82, 2.24) is 24.1 Å². The van der Waals surface area contributed by atoms with Crippen LogP contribution in [0.1, 0.15) is 52.7 Å². The zero-order chi connectivity index (χ0) is 59.8. The average Bonchev–Trinajstić information content (AvgIpc) is 1.57. The Morgan fingerprint density at radius 3 is 2.01 bits per heavy atom. The van der Waals surface area contributed by atoms with E-state index in [2.05, 4.69) is 284 Å². The predicted molar refractivity (Wildman–Crippen MR) is 386 cm³/mol. The molecule has 430 valence electrons. The molecular weight excluding hydrogens is 1150 g/mol. The third-order valence-electron chi connectivity index (χ3n) is 18.0. The van der Waals surface area contributed by atoms with Gasteiger partial charge in [0.05, 0.1) is 16.6 Å². The van der Waals surface area contributed by atoms with Crippen molar-refractivity contribution in [2.45, 2.75) is 39.5 Å². The maximum atomic E-state index is 5.41. The molecule has 1 aliphatic carbocycles. The minimum Gasteiger partial charge on any atom is -0.301 e. The molecule has 6 aromatic heterocycles. The fraction of sp³-hybridized carbons (Fsp3) is 0.0854. The first kappa shape index (κ1) is 54.1. The Bertz CT molecular complexity index is 5590. The van der Waals surface area contributed by atoms with Crippen LogP contribution in [0.2, 0.25) is 0 Å². The SMILES string of the molecule is Cc1sc2ccccc2c1-c1cc(-c2cccc3c2sc2ccc(-n4c5cc(/C=C/CC6=CCC(C)C=C6)ccc5c5c6ccc(/C=C/Cc7ccccc7)cc6sc54)cc23)ccc1Cc1nc(-c2ccccc2)nc(-n2c3ccccc3c3ccccc32)n1. The van der Waals surface area contributed by atoms with Crippen LogP contribution in [0.25, 0.3) is 141 Å². The highest BCUT2D eigenvalue weighted by atomic mass is 32.1. The van der Waals surface area contributed by atoms with E-state index in [0.29, 0.717) is 29.9 Å². The van der Waals surface area contributed by atoms with Crippen LogP contribution in [0, 0.1) is 12.8 Å². The summed E-state index contributed by atoms with van der Waals surface area (Å²) >= 11 is 5.64. The first-order valence-corrected chi connectivity index (χ1v) is 33.5. The molecular formula is C82H59N5S3. The van der Waals surface area contributed by atoms with Gasteiger partial charge in [0.25, 0.3) is 0 Å². The van der Waals surface area contributed by atoms with E-state index in [1.807, 2.05) is 40.1 Å². The molecule has 6 heterocycles. The number of rotatable bonds is 13. The highest BCUT2D eigenvalue weighted by molar-refractivity contribution is 7.26. The maximum Gasteiger partial charge on any atom is 0.238 e. The van der Waals surface area contributed by atoms with Crippen LogP contribution >= 0.6 is 34.0 Å². The Labute approximate surface area is 533 Å². The second kappa shape index (κ2) is 22.5. The number of fused-ring (bicyclic) bond motifs is 12. The van der Waals surface area contributed by atoms with Gasteiger partial charge in [-0.05, 0) is 131 Å². The summed E-state index contributed by atoms with van der Waals surface area (Å²) in [6, 6.07) is 82.2. The monoisotopic (exact) mass is 1210 g/mol. The number of aryl methyl sites for hydroxylation is 1. The lowest BCUT2D eigenvalue weighted by Gasteiger charge is -2.15. The van der Waals surface area contributed by atoms with Crippen LogP contribution < -0.4 is 0 Å². The van der Waals surface area contributed by atoms with Crippen molar-refractivity contribution in [1.29, 1.82) is 0 Å². The van der Waals surface area contributed by atoms with Gasteiger partial charge in [-0.25, -0.2) is 4.98 Å². The molecule has 1 aliphatic rings. The quantitative estimate of drug-likeness (QED) is 0.116. The van der Waals surface area contributed by atoms with Crippen LogP contribution in [-0.2, 0) is 12.8 Å². The molecule has 0 saturated heterocycles. The van der Waals surface area contributed by atoms with Gasteiger partial charge in [0.2, 0.25) is 5.95 Å². The molecule has 0 N–H and O–H groups in total. The number of nitrogens with zero attached hydrogens (tertiary/aromatic N) is 5. The molecule has 0 saturated carbocycles. The molecule has 0 bridgehead atoms. The summed E-state index contributed by atoms with van der Waals surface area (Å²) in [4.78, 5) is 18.5. The molecule has 17 rings (SSSR count). The summed E-state index contributed by atoms with van der Waals surface area (Å²) in [5, 5.41) is 9.98. The molecule has 0 amide bonds. The Hall–Kier alpha value is -10.1. The predicted octanol–water partition coefficient (Wildman–Crippen LogP) is 22.9. The zero-order valence-electron chi connectivity index (χ0n) is 49.8. The van der Waals surface area contributed by atoms with Gasteiger partial charge < -0.3 is 4.57 Å². The summed E-state index contributed by atoms with van der Waals surface area (Å²) in [6.07, 6.45) is 19.7. The number of hydrogen-bond donors (Lipinski definition) is 0.